The Morgan fingerprint density at radius 3 is 3.00 bits per heavy atom. The van der Waals surface area contributed by atoms with Gasteiger partial charge in [0.2, 0.25) is 0 Å². The second kappa shape index (κ2) is 4.60. The van der Waals surface area contributed by atoms with Gasteiger partial charge in [-0.2, -0.15) is 0 Å². The summed E-state index contributed by atoms with van der Waals surface area (Å²) in [5.74, 6) is 0.751. The van der Waals surface area contributed by atoms with Crippen molar-refractivity contribution in [1.29, 1.82) is 0 Å². The fraction of sp³-hybridized carbons (Fsp3) is 0.533. The van der Waals surface area contributed by atoms with Crippen molar-refractivity contribution in [2.24, 2.45) is 5.92 Å². The summed E-state index contributed by atoms with van der Waals surface area (Å²) in [7, 11) is 0. The molecule has 5 heteroatoms. The second-order valence-electron chi connectivity index (χ2n) is 5.85. The Hall–Kier alpha value is -1.33. The fourth-order valence-electron chi connectivity index (χ4n) is 3.08. The number of ether oxygens (including phenoxy) is 1. The molecule has 4 rings (SSSR count). The van der Waals surface area contributed by atoms with Crippen LogP contribution in [0.3, 0.4) is 0 Å². The molecule has 1 saturated carbocycles. The fourth-order valence-corrected chi connectivity index (χ4v) is 3.94. The van der Waals surface area contributed by atoms with Gasteiger partial charge in [0.05, 0.1) is 38.7 Å². The highest BCUT2D eigenvalue weighted by molar-refractivity contribution is 7.18. The molecule has 2 fully saturated rings. The molecule has 1 aliphatic carbocycles. The Labute approximate surface area is 122 Å². The lowest BCUT2D eigenvalue weighted by Crippen LogP contribution is -2.31. The Balaban J connectivity index is 1.62. The van der Waals surface area contributed by atoms with Gasteiger partial charge in [-0.1, -0.05) is 0 Å². The van der Waals surface area contributed by atoms with Gasteiger partial charge in [0.25, 0.3) is 0 Å². The van der Waals surface area contributed by atoms with E-state index < -0.39 is 0 Å². The molecule has 2 aromatic rings. The van der Waals surface area contributed by atoms with Gasteiger partial charge in [0.1, 0.15) is 0 Å². The van der Waals surface area contributed by atoms with Crippen molar-refractivity contribution >= 4 is 32.9 Å². The number of hydrogen-bond donors (Lipinski definition) is 2. The summed E-state index contributed by atoms with van der Waals surface area (Å²) in [4.78, 5) is 4.55. The third-order valence-electron chi connectivity index (χ3n) is 4.23. The highest BCUT2D eigenvalue weighted by atomic mass is 32.1. The van der Waals surface area contributed by atoms with E-state index in [-0.39, 0.29) is 0 Å². The standard InChI is InChI=1S/C15H19N3OS/c1-8-17-13-7-12(10(16)6-14(13)20-8)18-11-4-5-19-15(11)9-2-3-9/h6-7,9,11,15,18H,2-5,16H2,1H3. The molecule has 20 heavy (non-hydrogen) atoms. The molecule has 0 bridgehead atoms. The number of aryl methyl sites for hydroxylation is 1. The maximum atomic E-state index is 6.19. The van der Waals surface area contributed by atoms with Gasteiger partial charge in [-0.05, 0) is 44.2 Å². The number of nitrogen functional groups attached to an aromatic ring is 1. The van der Waals surface area contributed by atoms with Crippen LogP contribution >= 0.6 is 11.3 Å². The van der Waals surface area contributed by atoms with Crippen LogP contribution in [0.5, 0.6) is 0 Å². The number of nitrogens with two attached hydrogens (primary N) is 1. The van der Waals surface area contributed by atoms with Gasteiger partial charge in [-0.3, -0.25) is 0 Å². The number of thiazole rings is 1. The highest BCUT2D eigenvalue weighted by Gasteiger charge is 2.40. The summed E-state index contributed by atoms with van der Waals surface area (Å²) < 4.78 is 7.04. The number of nitrogens with zero attached hydrogens (tertiary/aromatic N) is 1. The molecule has 0 radical (unpaired) electrons. The molecule has 2 atom stereocenters. The summed E-state index contributed by atoms with van der Waals surface area (Å²) in [6.45, 7) is 2.89. The maximum Gasteiger partial charge on any atom is 0.0907 e. The minimum atomic E-state index is 0.363. The Bertz CT molecular complexity index is 650. The molecule has 106 valence electrons. The molecule has 0 amide bonds. The Kier molecular flexibility index (Phi) is 2.86. The molecule has 2 heterocycles. The van der Waals surface area contributed by atoms with Gasteiger partial charge >= 0.3 is 0 Å². The quantitative estimate of drug-likeness (QED) is 0.852. The van der Waals surface area contributed by atoms with Crippen LogP contribution in [0.15, 0.2) is 12.1 Å². The second-order valence-corrected chi connectivity index (χ2v) is 7.09. The molecular weight excluding hydrogens is 270 g/mol. The first-order valence-electron chi connectivity index (χ1n) is 7.25. The van der Waals surface area contributed by atoms with Crippen LogP contribution in [0.1, 0.15) is 24.3 Å². The highest BCUT2D eigenvalue weighted by Crippen LogP contribution is 2.40. The predicted molar refractivity (Wildman–Crippen MR) is 83.3 cm³/mol. The van der Waals surface area contributed by atoms with Crippen molar-refractivity contribution in [1.82, 2.24) is 4.98 Å². The molecule has 2 aliphatic rings. The number of fused-ring (bicyclic) bond motifs is 1. The normalized spacial score (nSPS) is 26.2. The number of rotatable bonds is 3. The average Bonchev–Trinajstić information content (AvgIpc) is 3.04. The van der Waals surface area contributed by atoms with Crippen molar-refractivity contribution in [2.45, 2.75) is 38.3 Å². The number of hydrogen-bond acceptors (Lipinski definition) is 5. The summed E-state index contributed by atoms with van der Waals surface area (Å²) >= 11 is 1.69. The molecule has 1 aliphatic heterocycles. The zero-order chi connectivity index (χ0) is 13.7. The molecule has 1 aromatic heterocycles. The van der Waals surface area contributed by atoms with Gasteiger partial charge in [0.15, 0.2) is 0 Å². The monoisotopic (exact) mass is 289 g/mol. The predicted octanol–water partition coefficient (Wildman–Crippen LogP) is 3.17. The lowest BCUT2D eigenvalue weighted by Gasteiger charge is -2.21. The maximum absolute atomic E-state index is 6.19. The molecular formula is C15H19N3OS. The van der Waals surface area contributed by atoms with Crippen molar-refractivity contribution < 1.29 is 4.74 Å². The molecule has 0 spiro atoms. The van der Waals surface area contributed by atoms with E-state index in [1.54, 1.807) is 11.3 Å². The lowest BCUT2D eigenvalue weighted by atomic mass is 10.1. The minimum absolute atomic E-state index is 0.363. The minimum Gasteiger partial charge on any atom is -0.397 e. The van der Waals surface area contributed by atoms with E-state index in [9.17, 15) is 0 Å². The van der Waals surface area contributed by atoms with E-state index in [1.165, 1.54) is 12.8 Å². The SMILES string of the molecule is Cc1nc2cc(NC3CCOC3C3CC3)c(N)cc2s1. The van der Waals surface area contributed by atoms with Crippen molar-refractivity contribution in [2.75, 3.05) is 17.7 Å². The molecule has 3 N–H and O–H groups in total. The van der Waals surface area contributed by atoms with E-state index in [0.717, 1.165) is 45.5 Å². The Morgan fingerprint density at radius 2 is 2.20 bits per heavy atom. The summed E-state index contributed by atoms with van der Waals surface area (Å²) in [5.41, 5.74) is 9.03. The average molecular weight is 289 g/mol. The van der Waals surface area contributed by atoms with Crippen molar-refractivity contribution in [3.05, 3.63) is 17.1 Å². The topological polar surface area (TPSA) is 60.2 Å². The molecule has 2 unspecified atom stereocenters. The van der Waals surface area contributed by atoms with Crippen molar-refractivity contribution in [3.63, 3.8) is 0 Å². The van der Waals surface area contributed by atoms with Gasteiger partial charge in [-0.15, -0.1) is 11.3 Å². The first-order chi connectivity index (χ1) is 9.70. The van der Waals surface area contributed by atoms with Crippen LogP contribution in [0.2, 0.25) is 0 Å². The van der Waals surface area contributed by atoms with Gasteiger partial charge < -0.3 is 15.8 Å². The van der Waals surface area contributed by atoms with Crippen LogP contribution in [0, 0.1) is 12.8 Å². The molecule has 1 aromatic carbocycles. The third kappa shape index (κ3) is 2.15. The van der Waals surface area contributed by atoms with Crippen LogP contribution in [0.25, 0.3) is 10.2 Å². The number of nitrogens with one attached hydrogen (secondary N) is 1. The summed E-state index contributed by atoms with van der Waals surface area (Å²) in [5, 5.41) is 4.68. The number of anilines is 2. The lowest BCUT2D eigenvalue weighted by molar-refractivity contribution is 0.0898. The number of aromatic nitrogens is 1. The van der Waals surface area contributed by atoms with Gasteiger partial charge in [-0.25, -0.2) is 4.98 Å². The van der Waals surface area contributed by atoms with E-state index in [2.05, 4.69) is 16.4 Å². The molecule has 4 nitrogen and oxygen atoms in total. The van der Waals surface area contributed by atoms with E-state index >= 15 is 0 Å². The van der Waals surface area contributed by atoms with Crippen molar-refractivity contribution in [3.8, 4) is 0 Å². The van der Waals surface area contributed by atoms with Gasteiger partial charge in [0, 0.05) is 6.61 Å². The molecule has 1 saturated heterocycles. The number of benzene rings is 1. The Morgan fingerprint density at radius 1 is 1.35 bits per heavy atom. The van der Waals surface area contributed by atoms with Crippen LogP contribution in [-0.2, 0) is 4.74 Å². The van der Waals surface area contributed by atoms with E-state index in [0.29, 0.717) is 12.1 Å². The summed E-state index contributed by atoms with van der Waals surface area (Å²) in [6, 6.07) is 4.50. The first kappa shape index (κ1) is 12.4. The zero-order valence-corrected chi connectivity index (χ0v) is 12.4. The van der Waals surface area contributed by atoms with E-state index in [4.69, 9.17) is 10.5 Å². The largest absolute Gasteiger partial charge is 0.397 e. The van der Waals surface area contributed by atoms with E-state index in [1.807, 2.05) is 13.0 Å². The van der Waals surface area contributed by atoms with Crippen LogP contribution in [-0.4, -0.2) is 23.7 Å². The zero-order valence-electron chi connectivity index (χ0n) is 11.6. The third-order valence-corrected chi connectivity index (χ3v) is 5.16. The first-order valence-corrected chi connectivity index (χ1v) is 8.07. The van der Waals surface area contributed by atoms with Crippen LogP contribution in [0.4, 0.5) is 11.4 Å². The summed E-state index contributed by atoms with van der Waals surface area (Å²) in [6.07, 6.45) is 4.04. The van der Waals surface area contributed by atoms with Crippen LogP contribution < -0.4 is 11.1 Å². The smallest absolute Gasteiger partial charge is 0.0907 e.